The molecule has 2 aromatic rings. The summed E-state index contributed by atoms with van der Waals surface area (Å²) < 4.78 is 18.9. The molecule has 0 saturated carbocycles. The molecule has 1 aromatic heterocycles. The Balaban J connectivity index is 2.59. The molecule has 0 aliphatic heterocycles. The average molecular weight is 289 g/mol. The van der Waals surface area contributed by atoms with E-state index in [1.165, 1.54) is 12.1 Å². The Bertz CT molecular complexity index is 629. The molecule has 4 nitrogen and oxygen atoms in total. The van der Waals surface area contributed by atoms with Crippen LogP contribution in [-0.4, -0.2) is 23.6 Å². The smallest absolute Gasteiger partial charge is 0.133 e. The first-order valence-corrected chi connectivity index (χ1v) is 7.02. The summed E-state index contributed by atoms with van der Waals surface area (Å²) in [6.45, 7) is 6.81. The predicted octanol–water partition coefficient (Wildman–Crippen LogP) is 3.85. The Morgan fingerprint density at radius 2 is 2.00 bits per heavy atom. The molecular weight excluding hydrogens is 269 g/mol. The number of hydrogen-bond acceptors (Lipinski definition) is 4. The number of nitrogens with one attached hydrogen (secondary N) is 1. The van der Waals surface area contributed by atoms with Crippen LogP contribution in [0.4, 0.5) is 10.2 Å². The van der Waals surface area contributed by atoms with Crippen molar-refractivity contribution in [2.75, 3.05) is 19.0 Å². The van der Waals surface area contributed by atoms with Gasteiger partial charge >= 0.3 is 0 Å². The van der Waals surface area contributed by atoms with E-state index in [1.807, 2.05) is 26.8 Å². The number of ether oxygens (including phenoxy) is 1. The van der Waals surface area contributed by atoms with Crippen molar-refractivity contribution in [3.8, 4) is 17.0 Å². The lowest BCUT2D eigenvalue weighted by atomic mass is 10.1. The van der Waals surface area contributed by atoms with E-state index in [4.69, 9.17) is 4.74 Å². The van der Waals surface area contributed by atoms with Crippen LogP contribution in [0, 0.1) is 5.82 Å². The third kappa shape index (κ3) is 3.48. The molecule has 0 aliphatic carbocycles. The molecule has 112 valence electrons. The van der Waals surface area contributed by atoms with Crippen molar-refractivity contribution in [1.82, 2.24) is 9.97 Å². The number of anilines is 1. The van der Waals surface area contributed by atoms with Gasteiger partial charge in [0.2, 0.25) is 0 Å². The monoisotopic (exact) mass is 289 g/mol. The molecule has 0 unspecified atom stereocenters. The summed E-state index contributed by atoms with van der Waals surface area (Å²) in [5, 5.41) is 3.18. The molecule has 0 saturated heterocycles. The largest absolute Gasteiger partial charge is 0.496 e. The van der Waals surface area contributed by atoms with Crippen molar-refractivity contribution in [2.45, 2.75) is 26.7 Å². The van der Waals surface area contributed by atoms with Crippen LogP contribution in [0.1, 0.15) is 32.5 Å². The van der Waals surface area contributed by atoms with Gasteiger partial charge in [0, 0.05) is 24.1 Å². The van der Waals surface area contributed by atoms with Crippen LogP contribution < -0.4 is 10.1 Å². The molecule has 0 atom stereocenters. The van der Waals surface area contributed by atoms with E-state index in [1.54, 1.807) is 13.2 Å². The fraction of sp³-hybridized carbons (Fsp3) is 0.375. The zero-order chi connectivity index (χ0) is 15.4. The Morgan fingerprint density at radius 3 is 2.62 bits per heavy atom. The zero-order valence-corrected chi connectivity index (χ0v) is 12.8. The molecule has 21 heavy (non-hydrogen) atoms. The molecule has 0 fully saturated rings. The maximum atomic E-state index is 13.6. The lowest BCUT2D eigenvalue weighted by Crippen LogP contribution is -2.06. The van der Waals surface area contributed by atoms with E-state index in [0.29, 0.717) is 17.0 Å². The number of benzene rings is 1. The first-order valence-electron chi connectivity index (χ1n) is 7.02. The Labute approximate surface area is 124 Å². The van der Waals surface area contributed by atoms with Crippen LogP contribution in [0.5, 0.6) is 5.75 Å². The van der Waals surface area contributed by atoms with Crippen LogP contribution in [0.3, 0.4) is 0 Å². The van der Waals surface area contributed by atoms with Crippen LogP contribution >= 0.6 is 0 Å². The normalized spacial score (nSPS) is 10.8. The highest BCUT2D eigenvalue weighted by molar-refractivity contribution is 5.69. The van der Waals surface area contributed by atoms with E-state index in [2.05, 4.69) is 15.3 Å². The molecule has 1 N–H and O–H groups in total. The summed E-state index contributed by atoms with van der Waals surface area (Å²) in [5.41, 5.74) is 1.28. The van der Waals surface area contributed by atoms with Gasteiger partial charge in [0.05, 0.1) is 12.8 Å². The van der Waals surface area contributed by atoms with Crippen molar-refractivity contribution >= 4 is 5.82 Å². The number of nitrogens with zero attached hydrogens (tertiary/aromatic N) is 2. The minimum absolute atomic E-state index is 0.182. The summed E-state index contributed by atoms with van der Waals surface area (Å²) in [7, 11) is 1.56. The minimum Gasteiger partial charge on any atom is -0.496 e. The van der Waals surface area contributed by atoms with Crippen molar-refractivity contribution in [3.63, 3.8) is 0 Å². The molecule has 0 aliphatic rings. The molecule has 2 rings (SSSR count). The topological polar surface area (TPSA) is 47.0 Å². The molecule has 5 heteroatoms. The third-order valence-corrected chi connectivity index (χ3v) is 3.06. The predicted molar refractivity (Wildman–Crippen MR) is 82.2 cm³/mol. The third-order valence-electron chi connectivity index (χ3n) is 3.06. The van der Waals surface area contributed by atoms with Gasteiger partial charge < -0.3 is 10.1 Å². The first-order chi connectivity index (χ1) is 10.0. The van der Waals surface area contributed by atoms with E-state index in [0.717, 1.165) is 18.2 Å². The van der Waals surface area contributed by atoms with Gasteiger partial charge in [-0.2, -0.15) is 0 Å². The summed E-state index contributed by atoms with van der Waals surface area (Å²) >= 11 is 0. The number of aromatic nitrogens is 2. The highest BCUT2D eigenvalue weighted by Gasteiger charge is 2.13. The lowest BCUT2D eigenvalue weighted by molar-refractivity contribution is 0.415. The van der Waals surface area contributed by atoms with Crippen LogP contribution in [0.2, 0.25) is 0 Å². The number of hydrogen-bond donors (Lipinski definition) is 1. The average Bonchev–Trinajstić information content (AvgIpc) is 2.47. The second-order valence-corrected chi connectivity index (χ2v) is 5.03. The summed E-state index contributed by atoms with van der Waals surface area (Å²) in [4.78, 5) is 9.01. The quantitative estimate of drug-likeness (QED) is 0.908. The van der Waals surface area contributed by atoms with Crippen molar-refractivity contribution in [3.05, 3.63) is 35.9 Å². The van der Waals surface area contributed by atoms with E-state index >= 15 is 0 Å². The van der Waals surface area contributed by atoms with Crippen LogP contribution in [0.15, 0.2) is 24.3 Å². The number of methoxy groups -OCH3 is 1. The Kier molecular flexibility index (Phi) is 4.73. The molecule has 0 bridgehead atoms. The molecule has 1 aromatic carbocycles. The molecule has 0 spiro atoms. The van der Waals surface area contributed by atoms with E-state index in [-0.39, 0.29) is 11.7 Å². The maximum absolute atomic E-state index is 13.6. The van der Waals surface area contributed by atoms with Crippen molar-refractivity contribution < 1.29 is 9.13 Å². The first kappa shape index (κ1) is 15.2. The highest BCUT2D eigenvalue weighted by atomic mass is 19.1. The lowest BCUT2D eigenvalue weighted by Gasteiger charge is -2.13. The highest BCUT2D eigenvalue weighted by Crippen LogP contribution is 2.31. The zero-order valence-electron chi connectivity index (χ0n) is 12.8. The Hall–Kier alpha value is -2.17. The van der Waals surface area contributed by atoms with Gasteiger partial charge in [-0.05, 0) is 25.1 Å². The summed E-state index contributed by atoms with van der Waals surface area (Å²) in [6.07, 6.45) is 0. The van der Waals surface area contributed by atoms with Crippen molar-refractivity contribution in [2.24, 2.45) is 0 Å². The van der Waals surface area contributed by atoms with Crippen LogP contribution in [-0.2, 0) is 0 Å². The van der Waals surface area contributed by atoms with Gasteiger partial charge in [0.15, 0.2) is 0 Å². The molecule has 0 radical (unpaired) electrons. The number of halogens is 1. The molecule has 0 amide bonds. The maximum Gasteiger partial charge on any atom is 0.133 e. The Morgan fingerprint density at radius 1 is 1.24 bits per heavy atom. The van der Waals surface area contributed by atoms with Gasteiger partial charge in [-0.3, -0.25) is 0 Å². The van der Waals surface area contributed by atoms with Gasteiger partial charge in [0.25, 0.3) is 0 Å². The van der Waals surface area contributed by atoms with Gasteiger partial charge in [-0.1, -0.05) is 13.8 Å². The van der Waals surface area contributed by atoms with E-state index < -0.39 is 0 Å². The fourth-order valence-corrected chi connectivity index (χ4v) is 2.01. The SMILES string of the molecule is CCNc1cc(-c2cc(F)ccc2OC)nc(C(C)C)n1. The standard InChI is InChI=1S/C16H20FN3O/c1-5-18-15-9-13(19-16(20-15)10(2)3)12-8-11(17)6-7-14(12)21-4/h6-10H,5H2,1-4H3,(H,18,19,20). The summed E-state index contributed by atoms with van der Waals surface area (Å²) in [6, 6.07) is 6.22. The summed E-state index contributed by atoms with van der Waals surface area (Å²) in [5.74, 6) is 1.90. The van der Waals surface area contributed by atoms with Gasteiger partial charge in [0.1, 0.15) is 23.2 Å². The molecule has 1 heterocycles. The number of rotatable bonds is 5. The minimum atomic E-state index is -0.319. The fourth-order valence-electron chi connectivity index (χ4n) is 2.01. The van der Waals surface area contributed by atoms with Gasteiger partial charge in [-0.15, -0.1) is 0 Å². The van der Waals surface area contributed by atoms with Crippen LogP contribution in [0.25, 0.3) is 11.3 Å². The van der Waals surface area contributed by atoms with Gasteiger partial charge in [-0.25, -0.2) is 14.4 Å². The van der Waals surface area contributed by atoms with Crippen molar-refractivity contribution in [1.29, 1.82) is 0 Å². The second-order valence-electron chi connectivity index (χ2n) is 5.03. The molecular formula is C16H20FN3O. The van der Waals surface area contributed by atoms with E-state index in [9.17, 15) is 4.39 Å². The second kappa shape index (κ2) is 6.52.